The predicted octanol–water partition coefficient (Wildman–Crippen LogP) is 0.523. The van der Waals surface area contributed by atoms with Gasteiger partial charge in [0.1, 0.15) is 5.82 Å². The normalized spacial score (nSPS) is 16.3. The SMILES string of the molecule is CCN(CCS(=O)(=O)N1CCNCC1)C(=O)c1ccc(F)cc1. The summed E-state index contributed by atoms with van der Waals surface area (Å²) in [4.78, 5) is 13.8. The Bertz CT molecular complexity index is 628. The maximum atomic E-state index is 12.9. The molecule has 1 heterocycles. The van der Waals surface area contributed by atoms with Gasteiger partial charge >= 0.3 is 0 Å². The number of carbonyl (C=O) groups is 1. The average molecular weight is 343 g/mol. The maximum absolute atomic E-state index is 12.9. The Balaban J connectivity index is 1.98. The Morgan fingerprint density at radius 2 is 1.87 bits per heavy atom. The van der Waals surface area contributed by atoms with Crippen LogP contribution < -0.4 is 5.32 Å². The van der Waals surface area contributed by atoms with E-state index in [0.717, 1.165) is 0 Å². The smallest absolute Gasteiger partial charge is 0.253 e. The van der Waals surface area contributed by atoms with Gasteiger partial charge in [0.15, 0.2) is 0 Å². The zero-order chi connectivity index (χ0) is 16.9. The molecule has 1 saturated heterocycles. The molecular formula is C15H22FN3O3S. The Kier molecular flexibility index (Phi) is 6.09. The van der Waals surface area contributed by atoms with Crippen LogP contribution in [-0.4, -0.2) is 68.6 Å². The van der Waals surface area contributed by atoms with Gasteiger partial charge in [0, 0.05) is 44.8 Å². The van der Waals surface area contributed by atoms with Crippen molar-refractivity contribution in [3.8, 4) is 0 Å². The van der Waals surface area contributed by atoms with Gasteiger partial charge in [-0.15, -0.1) is 0 Å². The molecule has 0 aliphatic carbocycles. The number of rotatable bonds is 6. The number of benzene rings is 1. The fourth-order valence-corrected chi connectivity index (χ4v) is 3.90. The second-order valence-electron chi connectivity index (χ2n) is 5.36. The van der Waals surface area contributed by atoms with E-state index in [1.54, 1.807) is 6.92 Å². The quantitative estimate of drug-likeness (QED) is 0.818. The number of hydrogen-bond donors (Lipinski definition) is 1. The van der Waals surface area contributed by atoms with Crippen LogP contribution in [0.15, 0.2) is 24.3 Å². The number of piperazine rings is 1. The molecule has 0 unspecified atom stereocenters. The molecule has 1 aromatic rings. The predicted molar refractivity (Wildman–Crippen MR) is 86.2 cm³/mol. The van der Waals surface area contributed by atoms with Crippen LogP contribution in [0.2, 0.25) is 0 Å². The number of nitrogens with one attached hydrogen (secondary N) is 1. The Morgan fingerprint density at radius 1 is 1.26 bits per heavy atom. The number of hydrogen-bond acceptors (Lipinski definition) is 4. The molecule has 0 atom stereocenters. The summed E-state index contributed by atoms with van der Waals surface area (Å²) in [6, 6.07) is 5.26. The van der Waals surface area contributed by atoms with Crippen molar-refractivity contribution < 1.29 is 17.6 Å². The van der Waals surface area contributed by atoms with Gasteiger partial charge in [-0.25, -0.2) is 12.8 Å². The molecule has 128 valence electrons. The van der Waals surface area contributed by atoms with Crippen LogP contribution in [0.5, 0.6) is 0 Å². The van der Waals surface area contributed by atoms with Crippen molar-refractivity contribution in [2.75, 3.05) is 45.0 Å². The lowest BCUT2D eigenvalue weighted by Crippen LogP contribution is -2.48. The zero-order valence-electron chi connectivity index (χ0n) is 13.2. The molecule has 0 spiro atoms. The van der Waals surface area contributed by atoms with E-state index in [9.17, 15) is 17.6 Å². The molecule has 23 heavy (non-hydrogen) atoms. The minimum Gasteiger partial charge on any atom is -0.338 e. The monoisotopic (exact) mass is 343 g/mol. The fraction of sp³-hybridized carbons (Fsp3) is 0.533. The van der Waals surface area contributed by atoms with Gasteiger partial charge in [-0.05, 0) is 31.2 Å². The van der Waals surface area contributed by atoms with Gasteiger partial charge < -0.3 is 10.2 Å². The van der Waals surface area contributed by atoms with E-state index in [1.807, 2.05) is 0 Å². The summed E-state index contributed by atoms with van der Waals surface area (Å²) >= 11 is 0. The molecular weight excluding hydrogens is 321 g/mol. The summed E-state index contributed by atoms with van der Waals surface area (Å²) in [5.41, 5.74) is 0.354. The summed E-state index contributed by atoms with van der Waals surface area (Å²) in [5, 5.41) is 3.11. The highest BCUT2D eigenvalue weighted by molar-refractivity contribution is 7.89. The Hall–Kier alpha value is -1.51. The first kappa shape index (κ1) is 17.8. The molecule has 1 amide bonds. The molecule has 1 aliphatic rings. The molecule has 6 nitrogen and oxygen atoms in total. The van der Waals surface area contributed by atoms with Crippen molar-refractivity contribution in [3.63, 3.8) is 0 Å². The maximum Gasteiger partial charge on any atom is 0.253 e. The standard InChI is InChI=1S/C15H22FN3O3S/c1-2-18(15(20)13-3-5-14(16)6-4-13)11-12-23(21,22)19-9-7-17-8-10-19/h3-6,17H,2,7-12H2,1H3. The second kappa shape index (κ2) is 7.85. The van der Waals surface area contributed by atoms with Gasteiger partial charge in [-0.2, -0.15) is 4.31 Å². The first-order valence-electron chi connectivity index (χ1n) is 7.67. The van der Waals surface area contributed by atoms with E-state index in [2.05, 4.69) is 5.32 Å². The molecule has 0 saturated carbocycles. The molecule has 1 aliphatic heterocycles. The summed E-state index contributed by atoms with van der Waals surface area (Å²) in [6.07, 6.45) is 0. The van der Waals surface area contributed by atoms with Gasteiger partial charge in [-0.1, -0.05) is 0 Å². The minimum atomic E-state index is -3.37. The van der Waals surface area contributed by atoms with E-state index in [-0.39, 0.29) is 18.2 Å². The molecule has 0 aromatic heterocycles. The van der Waals surface area contributed by atoms with Crippen molar-refractivity contribution in [1.82, 2.24) is 14.5 Å². The zero-order valence-corrected chi connectivity index (χ0v) is 14.0. The van der Waals surface area contributed by atoms with Crippen LogP contribution in [0.1, 0.15) is 17.3 Å². The average Bonchev–Trinajstić information content (AvgIpc) is 2.56. The van der Waals surface area contributed by atoms with Crippen LogP contribution in [0, 0.1) is 5.82 Å². The topological polar surface area (TPSA) is 69.7 Å². The number of nitrogens with zero attached hydrogens (tertiary/aromatic N) is 2. The third kappa shape index (κ3) is 4.73. The lowest BCUT2D eigenvalue weighted by molar-refractivity contribution is 0.0773. The van der Waals surface area contributed by atoms with E-state index >= 15 is 0 Å². The second-order valence-corrected chi connectivity index (χ2v) is 7.45. The van der Waals surface area contributed by atoms with Crippen LogP contribution >= 0.6 is 0 Å². The summed E-state index contributed by atoms with van der Waals surface area (Å²) in [7, 11) is -3.37. The third-order valence-corrected chi connectivity index (χ3v) is 5.70. The number of sulfonamides is 1. The van der Waals surface area contributed by atoms with Crippen molar-refractivity contribution in [2.24, 2.45) is 0 Å². The third-order valence-electron chi connectivity index (χ3n) is 3.85. The highest BCUT2D eigenvalue weighted by Gasteiger charge is 2.25. The molecule has 1 N–H and O–H groups in total. The molecule has 0 bridgehead atoms. The summed E-state index contributed by atoms with van der Waals surface area (Å²) < 4.78 is 39.0. The molecule has 8 heteroatoms. The highest BCUT2D eigenvalue weighted by Crippen LogP contribution is 2.09. The first-order chi connectivity index (χ1) is 10.9. The summed E-state index contributed by atoms with van der Waals surface area (Å²) in [5.74, 6) is -0.803. The minimum absolute atomic E-state index is 0.103. The number of carbonyl (C=O) groups excluding carboxylic acids is 1. The van der Waals surface area contributed by atoms with Crippen molar-refractivity contribution in [2.45, 2.75) is 6.92 Å². The van der Waals surface area contributed by atoms with E-state index in [1.165, 1.54) is 33.5 Å². The first-order valence-corrected chi connectivity index (χ1v) is 9.28. The lowest BCUT2D eigenvalue weighted by Gasteiger charge is -2.28. The van der Waals surface area contributed by atoms with Crippen LogP contribution in [-0.2, 0) is 10.0 Å². The summed E-state index contributed by atoms with van der Waals surface area (Å²) in [6.45, 7) is 4.52. The molecule has 2 rings (SSSR count). The number of halogens is 1. The van der Waals surface area contributed by atoms with E-state index < -0.39 is 15.8 Å². The number of amides is 1. The van der Waals surface area contributed by atoms with Gasteiger partial charge in [0.05, 0.1) is 5.75 Å². The lowest BCUT2D eigenvalue weighted by atomic mass is 10.2. The van der Waals surface area contributed by atoms with Crippen molar-refractivity contribution in [3.05, 3.63) is 35.6 Å². The highest BCUT2D eigenvalue weighted by atomic mass is 32.2. The molecule has 0 radical (unpaired) electrons. The van der Waals surface area contributed by atoms with Crippen molar-refractivity contribution in [1.29, 1.82) is 0 Å². The van der Waals surface area contributed by atoms with Crippen molar-refractivity contribution >= 4 is 15.9 Å². The molecule has 1 fully saturated rings. The Labute approximate surface area is 136 Å². The van der Waals surface area contributed by atoms with Crippen LogP contribution in [0.4, 0.5) is 4.39 Å². The largest absolute Gasteiger partial charge is 0.338 e. The van der Waals surface area contributed by atoms with E-state index in [0.29, 0.717) is 38.3 Å². The van der Waals surface area contributed by atoms with E-state index in [4.69, 9.17) is 0 Å². The van der Waals surface area contributed by atoms with Gasteiger partial charge in [0.25, 0.3) is 5.91 Å². The Morgan fingerprint density at radius 3 is 2.43 bits per heavy atom. The van der Waals surface area contributed by atoms with Gasteiger partial charge in [-0.3, -0.25) is 4.79 Å². The van der Waals surface area contributed by atoms with Gasteiger partial charge in [0.2, 0.25) is 10.0 Å². The molecule has 1 aromatic carbocycles. The fourth-order valence-electron chi connectivity index (χ4n) is 2.46. The van der Waals surface area contributed by atoms with Crippen LogP contribution in [0.3, 0.4) is 0 Å². The van der Waals surface area contributed by atoms with Crippen LogP contribution in [0.25, 0.3) is 0 Å².